The molecule has 1 aliphatic rings. The maximum absolute atomic E-state index is 6.04. The van der Waals surface area contributed by atoms with Crippen LogP contribution in [0, 0.1) is 5.92 Å². The molecule has 2 rings (SSSR count). The van der Waals surface area contributed by atoms with Crippen LogP contribution in [0.5, 0.6) is 5.75 Å². The summed E-state index contributed by atoms with van der Waals surface area (Å²) in [6.07, 6.45) is 2.66. The molecule has 0 radical (unpaired) electrons. The molecule has 0 heterocycles. The highest BCUT2D eigenvalue weighted by atomic mass is 35.5. The van der Waals surface area contributed by atoms with Gasteiger partial charge >= 0.3 is 0 Å². The summed E-state index contributed by atoms with van der Waals surface area (Å²) >= 11 is 6.04. The summed E-state index contributed by atoms with van der Waals surface area (Å²) in [4.78, 5) is 0. The van der Waals surface area contributed by atoms with E-state index in [-0.39, 0.29) is 0 Å². The summed E-state index contributed by atoms with van der Waals surface area (Å²) in [6.45, 7) is 2.21. The number of para-hydroxylation sites is 1. The van der Waals surface area contributed by atoms with Gasteiger partial charge in [0.2, 0.25) is 0 Å². The van der Waals surface area contributed by atoms with Crippen molar-refractivity contribution in [3.8, 4) is 5.75 Å². The highest BCUT2D eigenvalue weighted by Crippen LogP contribution is 2.37. The average Bonchev–Trinajstić information content (AvgIpc) is 3.01. The third kappa shape index (κ3) is 2.37. The van der Waals surface area contributed by atoms with E-state index >= 15 is 0 Å². The lowest BCUT2D eigenvalue weighted by Crippen LogP contribution is -2.17. The number of methoxy groups -OCH3 is 1. The summed E-state index contributed by atoms with van der Waals surface area (Å²) in [5, 5.41) is 4.11. The molecule has 1 saturated carbocycles. The molecule has 1 aromatic rings. The van der Waals surface area contributed by atoms with Crippen LogP contribution in [-0.2, 0) is 0 Å². The highest BCUT2D eigenvalue weighted by molar-refractivity contribution is 6.32. The van der Waals surface area contributed by atoms with Crippen LogP contribution in [0.25, 0.3) is 0 Å². The van der Waals surface area contributed by atoms with Crippen LogP contribution in [0.15, 0.2) is 18.2 Å². The molecule has 1 atom stereocenters. The standard InChI is InChI=1S/C12H16ClNO/c1-8(9-6-7-9)14-11-5-3-4-10(13)12(11)15-2/h3-5,8-9,14H,6-7H2,1-2H3. The van der Waals surface area contributed by atoms with Crippen LogP contribution in [-0.4, -0.2) is 13.2 Å². The topological polar surface area (TPSA) is 21.3 Å². The molecule has 0 spiro atoms. The molecule has 0 aromatic heterocycles. The summed E-state index contributed by atoms with van der Waals surface area (Å²) in [5.74, 6) is 1.56. The van der Waals surface area contributed by atoms with E-state index in [1.165, 1.54) is 12.8 Å². The first-order valence-electron chi connectivity index (χ1n) is 5.31. The lowest BCUT2D eigenvalue weighted by atomic mass is 10.2. The Labute approximate surface area is 95.6 Å². The van der Waals surface area contributed by atoms with Gasteiger partial charge in [-0.05, 0) is 37.8 Å². The van der Waals surface area contributed by atoms with Crippen molar-refractivity contribution in [2.45, 2.75) is 25.8 Å². The first-order chi connectivity index (χ1) is 7.22. The van der Waals surface area contributed by atoms with Crippen LogP contribution >= 0.6 is 11.6 Å². The molecule has 2 nitrogen and oxygen atoms in total. The summed E-state index contributed by atoms with van der Waals surface area (Å²) in [7, 11) is 1.65. The van der Waals surface area contributed by atoms with Crippen molar-refractivity contribution in [2.24, 2.45) is 5.92 Å². The molecule has 1 aromatic carbocycles. The Morgan fingerprint density at radius 1 is 1.47 bits per heavy atom. The van der Waals surface area contributed by atoms with Gasteiger partial charge in [-0.15, -0.1) is 0 Å². The molecule has 0 bridgehead atoms. The fourth-order valence-electron chi connectivity index (χ4n) is 1.79. The van der Waals surface area contributed by atoms with E-state index in [1.807, 2.05) is 18.2 Å². The Bertz CT molecular complexity index is 349. The minimum atomic E-state index is 0.498. The Balaban J connectivity index is 2.15. The number of hydrogen-bond donors (Lipinski definition) is 1. The SMILES string of the molecule is COc1c(Cl)cccc1NC(C)C1CC1. The van der Waals surface area contributed by atoms with Crippen LogP contribution < -0.4 is 10.1 Å². The molecule has 1 fully saturated rings. The summed E-state index contributed by atoms with van der Waals surface area (Å²) in [5.41, 5.74) is 0.990. The van der Waals surface area contributed by atoms with Gasteiger partial charge in [-0.3, -0.25) is 0 Å². The number of rotatable bonds is 4. The molecule has 0 amide bonds. The van der Waals surface area contributed by atoms with E-state index in [4.69, 9.17) is 16.3 Å². The second kappa shape index (κ2) is 4.31. The van der Waals surface area contributed by atoms with Crippen molar-refractivity contribution < 1.29 is 4.74 Å². The second-order valence-corrected chi connectivity index (χ2v) is 4.50. The highest BCUT2D eigenvalue weighted by Gasteiger charge is 2.28. The maximum atomic E-state index is 6.04. The third-order valence-corrected chi connectivity index (χ3v) is 3.18. The van der Waals surface area contributed by atoms with Gasteiger partial charge in [0.1, 0.15) is 0 Å². The van der Waals surface area contributed by atoms with Gasteiger partial charge in [-0.2, -0.15) is 0 Å². The fraction of sp³-hybridized carbons (Fsp3) is 0.500. The fourth-order valence-corrected chi connectivity index (χ4v) is 2.04. The van der Waals surface area contributed by atoms with Crippen molar-refractivity contribution in [3.05, 3.63) is 23.2 Å². The lowest BCUT2D eigenvalue weighted by Gasteiger charge is -2.17. The average molecular weight is 226 g/mol. The summed E-state index contributed by atoms with van der Waals surface area (Å²) in [6, 6.07) is 6.28. The Morgan fingerprint density at radius 2 is 2.20 bits per heavy atom. The van der Waals surface area contributed by atoms with E-state index in [9.17, 15) is 0 Å². The molecule has 0 saturated heterocycles. The molecule has 1 aliphatic carbocycles. The first-order valence-corrected chi connectivity index (χ1v) is 5.69. The van der Waals surface area contributed by atoms with E-state index in [2.05, 4.69) is 12.2 Å². The van der Waals surface area contributed by atoms with E-state index in [0.717, 1.165) is 17.4 Å². The number of benzene rings is 1. The zero-order valence-electron chi connectivity index (χ0n) is 9.09. The quantitative estimate of drug-likeness (QED) is 0.846. The molecular weight excluding hydrogens is 210 g/mol. The smallest absolute Gasteiger partial charge is 0.160 e. The number of ether oxygens (including phenoxy) is 1. The lowest BCUT2D eigenvalue weighted by molar-refractivity contribution is 0.416. The maximum Gasteiger partial charge on any atom is 0.160 e. The zero-order valence-corrected chi connectivity index (χ0v) is 9.84. The normalized spacial score (nSPS) is 17.3. The largest absolute Gasteiger partial charge is 0.493 e. The number of nitrogens with one attached hydrogen (secondary N) is 1. The summed E-state index contributed by atoms with van der Waals surface area (Å²) < 4.78 is 5.28. The zero-order chi connectivity index (χ0) is 10.8. The van der Waals surface area contributed by atoms with Crippen molar-refractivity contribution in [2.75, 3.05) is 12.4 Å². The molecular formula is C12H16ClNO. The van der Waals surface area contributed by atoms with Crippen molar-refractivity contribution >= 4 is 17.3 Å². The Kier molecular flexibility index (Phi) is 3.06. The molecule has 82 valence electrons. The van der Waals surface area contributed by atoms with E-state index in [1.54, 1.807) is 7.11 Å². The van der Waals surface area contributed by atoms with E-state index in [0.29, 0.717) is 11.1 Å². The molecule has 15 heavy (non-hydrogen) atoms. The van der Waals surface area contributed by atoms with Gasteiger partial charge in [-0.1, -0.05) is 17.7 Å². The minimum Gasteiger partial charge on any atom is -0.493 e. The number of halogens is 1. The number of hydrogen-bond acceptors (Lipinski definition) is 2. The third-order valence-electron chi connectivity index (χ3n) is 2.88. The Morgan fingerprint density at radius 3 is 2.80 bits per heavy atom. The predicted molar refractivity (Wildman–Crippen MR) is 63.8 cm³/mol. The van der Waals surface area contributed by atoms with Gasteiger partial charge in [0.15, 0.2) is 5.75 Å². The van der Waals surface area contributed by atoms with Crippen molar-refractivity contribution in [3.63, 3.8) is 0 Å². The van der Waals surface area contributed by atoms with Gasteiger partial charge in [0.25, 0.3) is 0 Å². The molecule has 3 heteroatoms. The van der Waals surface area contributed by atoms with Crippen LogP contribution in [0.1, 0.15) is 19.8 Å². The van der Waals surface area contributed by atoms with Gasteiger partial charge in [0, 0.05) is 6.04 Å². The molecule has 0 aliphatic heterocycles. The predicted octanol–water partition coefficient (Wildman–Crippen LogP) is 3.56. The Hall–Kier alpha value is -0.890. The van der Waals surface area contributed by atoms with Crippen molar-refractivity contribution in [1.29, 1.82) is 0 Å². The van der Waals surface area contributed by atoms with E-state index < -0.39 is 0 Å². The first kappa shape index (κ1) is 10.6. The second-order valence-electron chi connectivity index (χ2n) is 4.09. The number of anilines is 1. The van der Waals surface area contributed by atoms with Crippen molar-refractivity contribution in [1.82, 2.24) is 0 Å². The van der Waals surface area contributed by atoms with Crippen LogP contribution in [0.4, 0.5) is 5.69 Å². The van der Waals surface area contributed by atoms with Gasteiger partial charge in [0.05, 0.1) is 17.8 Å². The molecule has 1 N–H and O–H groups in total. The van der Waals surface area contributed by atoms with Crippen LogP contribution in [0.2, 0.25) is 5.02 Å². The van der Waals surface area contributed by atoms with Gasteiger partial charge in [-0.25, -0.2) is 0 Å². The van der Waals surface area contributed by atoms with Crippen LogP contribution in [0.3, 0.4) is 0 Å². The monoisotopic (exact) mass is 225 g/mol. The molecule has 1 unspecified atom stereocenters. The minimum absolute atomic E-state index is 0.498. The van der Waals surface area contributed by atoms with Gasteiger partial charge < -0.3 is 10.1 Å².